The second-order valence-corrected chi connectivity index (χ2v) is 10.7. The first-order valence-electron chi connectivity index (χ1n) is 12.8. The number of hydrogen-bond donors (Lipinski definition) is 2. The Morgan fingerprint density at radius 2 is 1.97 bits per heavy atom. The number of halogens is 2. The van der Waals surface area contributed by atoms with Gasteiger partial charge in [0.1, 0.15) is 17.6 Å². The number of aromatic nitrogens is 4. The Balaban J connectivity index is 1.64. The monoisotopic (exact) mass is 518 g/mol. The Bertz CT molecular complexity index is 1540. The van der Waals surface area contributed by atoms with Crippen LogP contribution in [0.5, 0.6) is 0 Å². The van der Waals surface area contributed by atoms with Gasteiger partial charge in [-0.25, -0.2) is 9.07 Å². The third-order valence-electron chi connectivity index (χ3n) is 7.03. The quantitative estimate of drug-likeness (QED) is 0.264. The highest BCUT2D eigenvalue weighted by molar-refractivity contribution is 6.35. The van der Waals surface area contributed by atoms with E-state index in [0.29, 0.717) is 44.1 Å². The Labute approximate surface area is 222 Å². The molecular formula is C28H29ClFN7. The second-order valence-electron chi connectivity index (χ2n) is 10.3. The highest BCUT2D eigenvalue weighted by Gasteiger charge is 2.28. The highest BCUT2D eigenvalue weighted by atomic mass is 35.5. The minimum absolute atomic E-state index is 0.266. The Morgan fingerprint density at radius 3 is 2.62 bits per heavy atom. The number of pyridine rings is 1. The topological polar surface area (TPSA) is 91.5 Å². The lowest BCUT2D eigenvalue weighted by molar-refractivity contribution is 0.408. The fourth-order valence-electron chi connectivity index (χ4n) is 3.97. The van der Waals surface area contributed by atoms with Crippen molar-refractivity contribution in [3.63, 3.8) is 0 Å². The second kappa shape index (κ2) is 9.64. The Morgan fingerprint density at radius 1 is 1.24 bits per heavy atom. The SMILES string of the molecule is [2H]C(Nc1cc(Cl)c2ncc(C#N)c(NC(C)(C)C(C)C)c2c1)(c1ccc(F)cc1)c1cn(C2CC2)nn1. The average molecular weight is 519 g/mol. The van der Waals surface area contributed by atoms with Gasteiger partial charge in [-0.3, -0.25) is 4.98 Å². The summed E-state index contributed by atoms with van der Waals surface area (Å²) in [7, 11) is 0. The van der Waals surface area contributed by atoms with Gasteiger partial charge in [-0.1, -0.05) is 42.8 Å². The highest BCUT2D eigenvalue weighted by Crippen LogP contribution is 2.38. The number of fused-ring (bicyclic) bond motifs is 1. The van der Waals surface area contributed by atoms with E-state index < -0.39 is 11.8 Å². The van der Waals surface area contributed by atoms with Crippen LogP contribution in [0.2, 0.25) is 5.02 Å². The summed E-state index contributed by atoms with van der Waals surface area (Å²) in [4.78, 5) is 4.44. The number of nitrogens with one attached hydrogen (secondary N) is 2. The van der Waals surface area contributed by atoms with Crippen molar-refractivity contribution in [2.75, 3.05) is 10.6 Å². The van der Waals surface area contributed by atoms with Gasteiger partial charge >= 0.3 is 0 Å². The molecule has 1 aliphatic rings. The van der Waals surface area contributed by atoms with E-state index in [-0.39, 0.29) is 17.5 Å². The Hall–Kier alpha value is -3.70. The molecule has 1 aliphatic carbocycles. The molecule has 9 heteroatoms. The van der Waals surface area contributed by atoms with Crippen LogP contribution in [-0.4, -0.2) is 25.5 Å². The molecule has 2 aromatic carbocycles. The molecule has 2 aromatic heterocycles. The lowest BCUT2D eigenvalue weighted by Crippen LogP contribution is -2.37. The van der Waals surface area contributed by atoms with Crippen LogP contribution >= 0.6 is 11.6 Å². The molecule has 1 saturated carbocycles. The predicted molar refractivity (Wildman–Crippen MR) is 144 cm³/mol. The fraction of sp³-hybridized carbons (Fsp3) is 0.357. The number of nitrogens with zero attached hydrogens (tertiary/aromatic N) is 5. The van der Waals surface area contributed by atoms with E-state index >= 15 is 0 Å². The maximum atomic E-state index is 13.8. The summed E-state index contributed by atoms with van der Waals surface area (Å²) in [5.41, 5.74) is 2.60. The molecule has 2 N–H and O–H groups in total. The first-order chi connectivity index (χ1) is 18.0. The zero-order valence-corrected chi connectivity index (χ0v) is 21.9. The molecule has 0 bridgehead atoms. The van der Waals surface area contributed by atoms with E-state index in [0.717, 1.165) is 12.8 Å². The Kier molecular flexibility index (Phi) is 6.17. The number of benzene rings is 2. The normalized spacial score (nSPS) is 15.8. The van der Waals surface area contributed by atoms with Gasteiger partial charge in [0.25, 0.3) is 0 Å². The summed E-state index contributed by atoms with van der Waals surface area (Å²) in [6.45, 7) is 8.35. The van der Waals surface area contributed by atoms with Crippen LogP contribution in [0.4, 0.5) is 15.8 Å². The van der Waals surface area contributed by atoms with Crippen LogP contribution in [0.3, 0.4) is 0 Å². The molecule has 190 valence electrons. The van der Waals surface area contributed by atoms with E-state index in [9.17, 15) is 11.0 Å². The van der Waals surface area contributed by atoms with E-state index in [4.69, 9.17) is 11.6 Å². The maximum Gasteiger partial charge on any atom is 0.123 e. The standard InChI is InChI=1S/C28H29ClFN7/c1-16(2)28(3,4)34-25-18(13-31)14-32-27-22(25)11-20(12-23(27)29)33-26(17-5-7-19(30)8-6-17)24-15-37(36-35-24)21-9-10-21/h5-8,11-12,14-16,21,26,33H,9-10H2,1-4H3,(H,32,34)/i26D. The van der Waals surface area contributed by atoms with Crippen molar-refractivity contribution in [3.8, 4) is 6.07 Å². The summed E-state index contributed by atoms with van der Waals surface area (Å²) in [6, 6.07) is 10.2. The van der Waals surface area contributed by atoms with Gasteiger partial charge in [0.2, 0.25) is 0 Å². The molecule has 0 radical (unpaired) electrons. The van der Waals surface area contributed by atoms with Crippen molar-refractivity contribution in [3.05, 3.63) is 76.5 Å². The average Bonchev–Trinajstić information content (AvgIpc) is 3.60. The van der Waals surface area contributed by atoms with Crippen molar-refractivity contribution >= 4 is 33.9 Å². The summed E-state index contributed by atoms with van der Waals surface area (Å²) in [5, 5.41) is 26.2. The van der Waals surface area contributed by atoms with E-state index in [1.165, 1.54) is 18.3 Å². The predicted octanol–water partition coefficient (Wildman–Crippen LogP) is 6.87. The van der Waals surface area contributed by atoms with Crippen molar-refractivity contribution < 1.29 is 5.76 Å². The lowest BCUT2D eigenvalue weighted by Gasteiger charge is -2.32. The number of nitriles is 1. The van der Waals surface area contributed by atoms with Crippen LogP contribution < -0.4 is 10.6 Å². The van der Waals surface area contributed by atoms with Gasteiger partial charge in [-0.15, -0.1) is 5.10 Å². The van der Waals surface area contributed by atoms with Crippen LogP contribution in [0.25, 0.3) is 10.9 Å². The minimum atomic E-state index is -1.59. The van der Waals surface area contributed by atoms with Crippen molar-refractivity contribution in [1.82, 2.24) is 20.0 Å². The third kappa shape index (κ3) is 5.09. The van der Waals surface area contributed by atoms with E-state index in [1.54, 1.807) is 29.1 Å². The zero-order chi connectivity index (χ0) is 27.2. The molecule has 7 nitrogen and oxygen atoms in total. The minimum Gasteiger partial charge on any atom is -0.378 e. The largest absolute Gasteiger partial charge is 0.378 e. The molecule has 0 saturated heterocycles. The summed E-state index contributed by atoms with van der Waals surface area (Å²) in [6.07, 6.45) is 5.32. The molecule has 37 heavy (non-hydrogen) atoms. The van der Waals surface area contributed by atoms with Crippen molar-refractivity contribution in [1.29, 1.82) is 5.26 Å². The number of hydrogen-bond acceptors (Lipinski definition) is 6. The number of rotatable bonds is 8. The first-order valence-corrected chi connectivity index (χ1v) is 12.7. The van der Waals surface area contributed by atoms with Gasteiger partial charge in [-0.05, 0) is 62.4 Å². The van der Waals surface area contributed by atoms with Gasteiger partial charge in [0.15, 0.2) is 0 Å². The summed E-state index contributed by atoms with van der Waals surface area (Å²) >= 11 is 6.70. The van der Waals surface area contributed by atoms with Crippen LogP contribution in [0.15, 0.2) is 48.8 Å². The van der Waals surface area contributed by atoms with Gasteiger partial charge in [0, 0.05) is 22.8 Å². The van der Waals surface area contributed by atoms with Crippen molar-refractivity contribution in [2.24, 2.45) is 5.92 Å². The molecule has 0 amide bonds. The van der Waals surface area contributed by atoms with E-state index in [1.807, 2.05) is 6.07 Å². The summed E-state index contributed by atoms with van der Waals surface area (Å²) < 4.78 is 25.1. The molecule has 5 rings (SSSR count). The van der Waals surface area contributed by atoms with Crippen LogP contribution in [0.1, 0.15) is 70.8 Å². The van der Waals surface area contributed by atoms with Gasteiger partial charge < -0.3 is 10.6 Å². The molecular weight excluding hydrogens is 489 g/mol. The van der Waals surface area contributed by atoms with Gasteiger partial charge in [0.05, 0.1) is 41.4 Å². The smallest absolute Gasteiger partial charge is 0.123 e. The third-order valence-corrected chi connectivity index (χ3v) is 7.31. The van der Waals surface area contributed by atoms with Crippen molar-refractivity contribution in [2.45, 2.75) is 58.1 Å². The first kappa shape index (κ1) is 23.7. The molecule has 1 unspecified atom stereocenters. The fourth-order valence-corrected chi connectivity index (χ4v) is 4.24. The van der Waals surface area contributed by atoms with Crippen LogP contribution in [0, 0.1) is 23.1 Å². The molecule has 1 fully saturated rings. The molecule has 2 heterocycles. The molecule has 0 aliphatic heterocycles. The van der Waals surface area contributed by atoms with E-state index in [2.05, 4.69) is 59.7 Å². The van der Waals surface area contributed by atoms with Gasteiger partial charge in [-0.2, -0.15) is 5.26 Å². The maximum absolute atomic E-state index is 13.8. The summed E-state index contributed by atoms with van der Waals surface area (Å²) in [5.74, 6) is -0.132. The lowest BCUT2D eigenvalue weighted by atomic mass is 9.90. The van der Waals surface area contributed by atoms with Crippen LogP contribution in [-0.2, 0) is 0 Å². The molecule has 4 aromatic rings. The zero-order valence-electron chi connectivity index (χ0n) is 22.2. The number of anilines is 2. The molecule has 0 spiro atoms. The molecule has 1 atom stereocenters.